The zero-order chi connectivity index (χ0) is 21.5. The minimum Gasteiger partial charge on any atom is -0.497 e. The number of allylic oxidation sites excluding steroid dienone is 1. The quantitative estimate of drug-likeness (QED) is 0.604. The van der Waals surface area contributed by atoms with Crippen LogP contribution in [0, 0.1) is 0 Å². The molecule has 1 aromatic carbocycles. The van der Waals surface area contributed by atoms with E-state index in [4.69, 9.17) is 4.74 Å². The number of anilines is 1. The van der Waals surface area contributed by atoms with Crippen LogP contribution in [0.4, 0.5) is 5.69 Å². The highest BCUT2D eigenvalue weighted by atomic mass is 16.5. The Hall–Kier alpha value is -4.00. The molecule has 7 heteroatoms. The van der Waals surface area contributed by atoms with Crippen molar-refractivity contribution in [3.63, 3.8) is 0 Å². The molecule has 0 saturated heterocycles. The van der Waals surface area contributed by atoms with E-state index in [0.29, 0.717) is 22.8 Å². The van der Waals surface area contributed by atoms with Gasteiger partial charge in [0.1, 0.15) is 17.2 Å². The summed E-state index contributed by atoms with van der Waals surface area (Å²) in [6, 6.07) is 13.0. The van der Waals surface area contributed by atoms with Crippen molar-refractivity contribution < 1.29 is 9.53 Å². The monoisotopic (exact) mass is 401 g/mol. The summed E-state index contributed by atoms with van der Waals surface area (Å²) in [4.78, 5) is 21.7. The number of rotatable bonds is 7. The molecule has 30 heavy (non-hydrogen) atoms. The van der Waals surface area contributed by atoms with Gasteiger partial charge in [0.25, 0.3) is 5.91 Å². The van der Waals surface area contributed by atoms with Crippen molar-refractivity contribution >= 4 is 23.0 Å². The SMILES string of the molecule is C=CC(=N/C(=C\C)c1ccc(OC)cc1)C(=O)Nc1cn(C)nc1-c1ccccn1. The van der Waals surface area contributed by atoms with E-state index in [9.17, 15) is 4.79 Å². The van der Waals surface area contributed by atoms with Crippen LogP contribution in [0.2, 0.25) is 0 Å². The smallest absolute Gasteiger partial charge is 0.274 e. The van der Waals surface area contributed by atoms with Gasteiger partial charge in [-0.05, 0) is 49.4 Å². The highest BCUT2D eigenvalue weighted by Crippen LogP contribution is 2.25. The van der Waals surface area contributed by atoms with Crippen LogP contribution in [0.3, 0.4) is 0 Å². The van der Waals surface area contributed by atoms with Crippen LogP contribution < -0.4 is 10.1 Å². The molecule has 1 N–H and O–H groups in total. The number of aliphatic imine (C=N–C) groups is 1. The molecule has 0 aliphatic rings. The van der Waals surface area contributed by atoms with E-state index in [1.165, 1.54) is 6.08 Å². The molecule has 0 saturated carbocycles. The minimum absolute atomic E-state index is 0.190. The number of hydrogen-bond donors (Lipinski definition) is 1. The van der Waals surface area contributed by atoms with Crippen LogP contribution in [0.15, 0.2) is 78.6 Å². The van der Waals surface area contributed by atoms with Gasteiger partial charge in [-0.15, -0.1) is 0 Å². The van der Waals surface area contributed by atoms with Crippen LogP contribution in [0.1, 0.15) is 12.5 Å². The van der Waals surface area contributed by atoms with Crippen LogP contribution in [-0.4, -0.2) is 33.5 Å². The number of aryl methyl sites for hydroxylation is 1. The van der Waals surface area contributed by atoms with Gasteiger partial charge < -0.3 is 10.1 Å². The maximum absolute atomic E-state index is 12.9. The Bertz CT molecular complexity index is 1100. The molecule has 0 aliphatic heterocycles. The predicted octanol–water partition coefficient (Wildman–Crippen LogP) is 4.12. The van der Waals surface area contributed by atoms with Gasteiger partial charge in [-0.3, -0.25) is 14.5 Å². The number of aromatic nitrogens is 3. The molecule has 0 spiro atoms. The van der Waals surface area contributed by atoms with E-state index in [1.54, 1.807) is 31.2 Å². The Kier molecular flexibility index (Phi) is 6.54. The largest absolute Gasteiger partial charge is 0.497 e. The fourth-order valence-electron chi connectivity index (χ4n) is 2.83. The van der Waals surface area contributed by atoms with Crippen molar-refractivity contribution in [3.8, 4) is 17.1 Å². The fraction of sp³-hybridized carbons (Fsp3) is 0.130. The first-order valence-electron chi connectivity index (χ1n) is 9.34. The average Bonchev–Trinajstić information content (AvgIpc) is 3.15. The van der Waals surface area contributed by atoms with Crippen LogP contribution >= 0.6 is 0 Å². The number of nitrogens with one attached hydrogen (secondary N) is 1. The van der Waals surface area contributed by atoms with Crippen molar-refractivity contribution in [2.75, 3.05) is 12.4 Å². The molecule has 0 radical (unpaired) electrons. The molecule has 3 rings (SSSR count). The van der Waals surface area contributed by atoms with E-state index in [0.717, 1.165) is 11.3 Å². The van der Waals surface area contributed by atoms with Crippen molar-refractivity contribution in [1.29, 1.82) is 0 Å². The van der Waals surface area contributed by atoms with E-state index in [1.807, 2.05) is 55.5 Å². The summed E-state index contributed by atoms with van der Waals surface area (Å²) in [5, 5.41) is 7.28. The molecule has 7 nitrogen and oxygen atoms in total. The second-order valence-corrected chi connectivity index (χ2v) is 6.34. The van der Waals surface area contributed by atoms with E-state index < -0.39 is 0 Å². The lowest BCUT2D eigenvalue weighted by molar-refractivity contribution is -0.110. The summed E-state index contributed by atoms with van der Waals surface area (Å²) in [6.07, 6.45) is 6.67. The van der Waals surface area contributed by atoms with E-state index in [-0.39, 0.29) is 11.6 Å². The third-order valence-electron chi connectivity index (χ3n) is 4.31. The molecular formula is C23H23N5O2. The molecule has 2 aromatic heterocycles. The predicted molar refractivity (Wildman–Crippen MR) is 119 cm³/mol. The molecular weight excluding hydrogens is 378 g/mol. The van der Waals surface area contributed by atoms with Crippen LogP contribution in [0.5, 0.6) is 5.75 Å². The normalized spacial score (nSPS) is 11.8. The van der Waals surface area contributed by atoms with E-state index in [2.05, 4.69) is 27.0 Å². The van der Waals surface area contributed by atoms with E-state index >= 15 is 0 Å². The van der Waals surface area contributed by atoms with Gasteiger partial charge in [-0.25, -0.2) is 4.99 Å². The van der Waals surface area contributed by atoms with Gasteiger partial charge >= 0.3 is 0 Å². The second kappa shape index (κ2) is 9.47. The highest BCUT2D eigenvalue weighted by Gasteiger charge is 2.16. The third-order valence-corrected chi connectivity index (χ3v) is 4.31. The van der Waals surface area contributed by atoms with Crippen molar-refractivity contribution in [1.82, 2.24) is 14.8 Å². The zero-order valence-corrected chi connectivity index (χ0v) is 17.2. The average molecular weight is 401 g/mol. The molecule has 0 bridgehead atoms. The Morgan fingerprint density at radius 2 is 2.00 bits per heavy atom. The number of benzene rings is 1. The number of pyridine rings is 1. The van der Waals surface area contributed by atoms with Crippen LogP contribution in [-0.2, 0) is 11.8 Å². The van der Waals surface area contributed by atoms with Crippen molar-refractivity contribution in [2.24, 2.45) is 12.0 Å². The first-order chi connectivity index (χ1) is 14.5. The van der Waals surface area contributed by atoms with Gasteiger partial charge in [-0.2, -0.15) is 5.10 Å². The maximum atomic E-state index is 12.9. The second-order valence-electron chi connectivity index (χ2n) is 6.34. The number of hydrogen-bond acceptors (Lipinski definition) is 5. The van der Waals surface area contributed by atoms with Crippen molar-refractivity contribution in [3.05, 3.63) is 79.2 Å². The lowest BCUT2D eigenvalue weighted by Crippen LogP contribution is -2.21. The molecule has 1 amide bonds. The zero-order valence-electron chi connectivity index (χ0n) is 17.2. The minimum atomic E-state index is -0.386. The van der Waals surface area contributed by atoms with Gasteiger partial charge in [0.2, 0.25) is 0 Å². The van der Waals surface area contributed by atoms with Crippen LogP contribution in [0.25, 0.3) is 17.1 Å². The Morgan fingerprint density at radius 1 is 1.23 bits per heavy atom. The Morgan fingerprint density at radius 3 is 2.60 bits per heavy atom. The highest BCUT2D eigenvalue weighted by molar-refractivity contribution is 6.47. The number of carbonyl (C=O) groups is 1. The first-order valence-corrected chi connectivity index (χ1v) is 9.34. The van der Waals surface area contributed by atoms with Crippen molar-refractivity contribution in [2.45, 2.75) is 6.92 Å². The number of methoxy groups -OCH3 is 1. The molecule has 0 aliphatic carbocycles. The summed E-state index contributed by atoms with van der Waals surface area (Å²) in [6.45, 7) is 5.61. The fourth-order valence-corrected chi connectivity index (χ4v) is 2.83. The topological polar surface area (TPSA) is 81.4 Å². The summed E-state index contributed by atoms with van der Waals surface area (Å²) in [7, 11) is 3.40. The number of nitrogens with zero attached hydrogens (tertiary/aromatic N) is 4. The Balaban J connectivity index is 1.87. The lowest BCUT2D eigenvalue weighted by Gasteiger charge is -2.08. The molecule has 0 atom stereocenters. The van der Waals surface area contributed by atoms with Gasteiger partial charge in [-0.1, -0.05) is 18.7 Å². The summed E-state index contributed by atoms with van der Waals surface area (Å²) < 4.78 is 6.81. The third kappa shape index (κ3) is 4.70. The first kappa shape index (κ1) is 20.7. The van der Waals surface area contributed by atoms with Gasteiger partial charge in [0, 0.05) is 25.0 Å². The molecule has 2 heterocycles. The van der Waals surface area contributed by atoms with Gasteiger partial charge in [0.05, 0.1) is 24.2 Å². The molecule has 0 unspecified atom stereocenters. The number of amides is 1. The summed E-state index contributed by atoms with van der Waals surface area (Å²) in [5.41, 5.74) is 3.49. The maximum Gasteiger partial charge on any atom is 0.274 e. The lowest BCUT2D eigenvalue weighted by atomic mass is 10.1. The standard InChI is InChI=1S/C23H23N5O2/c1-5-18(16-10-12-17(30-4)13-11-16)25-19(6-2)23(29)26-21-15-28(3)27-22(21)20-9-7-8-14-24-20/h5-15H,2H2,1,3-4H3,(H,26,29)/b18-5-,25-19?. The number of ether oxygens (including phenoxy) is 1. The molecule has 152 valence electrons. The summed E-state index contributed by atoms with van der Waals surface area (Å²) >= 11 is 0. The summed E-state index contributed by atoms with van der Waals surface area (Å²) in [5.74, 6) is 0.363. The van der Waals surface area contributed by atoms with Gasteiger partial charge in [0.15, 0.2) is 0 Å². The Labute approximate surface area is 175 Å². The molecule has 3 aromatic rings. The number of carbonyl (C=O) groups excluding carboxylic acids is 1. The molecule has 0 fully saturated rings.